The van der Waals surface area contributed by atoms with Crippen molar-refractivity contribution in [3.63, 3.8) is 0 Å². The molecule has 0 bridgehead atoms. The summed E-state index contributed by atoms with van der Waals surface area (Å²) in [5.41, 5.74) is 0.944. The smallest absolute Gasteiger partial charge is 0.330 e. The van der Waals surface area contributed by atoms with E-state index in [9.17, 15) is 4.79 Å². The molecule has 0 aliphatic carbocycles. The van der Waals surface area contributed by atoms with E-state index in [2.05, 4.69) is 33.1 Å². The van der Waals surface area contributed by atoms with E-state index >= 15 is 0 Å². The van der Waals surface area contributed by atoms with Gasteiger partial charge in [-0.3, -0.25) is 0 Å². The third-order valence-electron chi connectivity index (χ3n) is 3.54. The average Bonchev–Trinajstić information content (AvgIpc) is 2.38. The molecule has 0 rings (SSSR count). The minimum Gasteiger partial charge on any atom is -0.463 e. The Labute approximate surface area is 135 Å². The summed E-state index contributed by atoms with van der Waals surface area (Å²) < 4.78 is 5.19. The number of allylic oxidation sites excluding steroid dienone is 3. The van der Waals surface area contributed by atoms with Crippen molar-refractivity contribution >= 4 is 17.7 Å². The topological polar surface area (TPSA) is 26.3 Å². The number of esters is 1. The van der Waals surface area contributed by atoms with E-state index in [0.29, 0.717) is 6.61 Å². The predicted octanol–water partition coefficient (Wildman–Crippen LogP) is 5.39. The molecule has 0 heterocycles. The van der Waals surface area contributed by atoms with Crippen LogP contribution in [0.15, 0.2) is 23.8 Å². The molecule has 3 heteroatoms. The molecule has 0 aliphatic heterocycles. The molecule has 0 spiro atoms. The third kappa shape index (κ3) is 10.6. The Bertz CT molecular complexity index is 358. The van der Waals surface area contributed by atoms with Gasteiger partial charge in [-0.1, -0.05) is 45.8 Å². The molecular weight excluding hydrogens is 280 g/mol. The van der Waals surface area contributed by atoms with E-state index in [4.69, 9.17) is 4.74 Å². The Morgan fingerprint density at radius 2 is 2.05 bits per heavy atom. The highest BCUT2D eigenvalue weighted by atomic mass is 32.2. The van der Waals surface area contributed by atoms with Crippen LogP contribution in [0.4, 0.5) is 0 Å². The number of hydrogen-bond acceptors (Lipinski definition) is 3. The molecule has 0 aromatic carbocycles. The summed E-state index contributed by atoms with van der Waals surface area (Å²) in [5.74, 6) is 0.519. The molecule has 0 aromatic rings. The fourth-order valence-corrected chi connectivity index (χ4v) is 2.70. The second-order valence-corrected chi connectivity index (χ2v) is 7.58. The van der Waals surface area contributed by atoms with Crippen LogP contribution in [0.3, 0.4) is 0 Å². The Balaban J connectivity index is 4.36. The van der Waals surface area contributed by atoms with Crippen LogP contribution in [0.5, 0.6) is 0 Å². The minimum atomic E-state index is -0.260. The first-order chi connectivity index (χ1) is 9.83. The van der Waals surface area contributed by atoms with Gasteiger partial charge in [0.05, 0.1) is 6.61 Å². The minimum absolute atomic E-state index is 0.260. The van der Waals surface area contributed by atoms with Crippen molar-refractivity contribution in [3.05, 3.63) is 23.8 Å². The maximum atomic E-state index is 11.3. The van der Waals surface area contributed by atoms with Crippen LogP contribution in [0.25, 0.3) is 0 Å². The zero-order valence-corrected chi connectivity index (χ0v) is 15.4. The highest BCUT2D eigenvalue weighted by molar-refractivity contribution is 7.99. The van der Waals surface area contributed by atoms with Gasteiger partial charge in [0.1, 0.15) is 0 Å². The van der Waals surface area contributed by atoms with Gasteiger partial charge in [-0.05, 0) is 44.4 Å². The van der Waals surface area contributed by atoms with Crippen LogP contribution in [-0.2, 0) is 9.53 Å². The van der Waals surface area contributed by atoms with E-state index < -0.39 is 0 Å². The number of hydrogen-bond donors (Lipinski definition) is 0. The van der Waals surface area contributed by atoms with E-state index in [1.807, 2.05) is 31.7 Å². The molecule has 1 unspecified atom stereocenters. The Morgan fingerprint density at radius 3 is 2.57 bits per heavy atom. The van der Waals surface area contributed by atoms with Crippen molar-refractivity contribution in [2.75, 3.05) is 12.9 Å². The molecule has 2 nitrogen and oxygen atoms in total. The van der Waals surface area contributed by atoms with Crippen molar-refractivity contribution in [2.24, 2.45) is 5.92 Å². The molecule has 1 atom stereocenters. The second-order valence-electron chi connectivity index (χ2n) is 6.19. The van der Waals surface area contributed by atoms with Gasteiger partial charge in [0.2, 0.25) is 0 Å². The molecule has 0 aromatic heterocycles. The monoisotopic (exact) mass is 312 g/mol. The molecule has 21 heavy (non-hydrogen) atoms. The van der Waals surface area contributed by atoms with Crippen molar-refractivity contribution in [2.45, 2.75) is 65.0 Å². The average molecular weight is 313 g/mol. The third-order valence-corrected chi connectivity index (χ3v) is 4.90. The van der Waals surface area contributed by atoms with Gasteiger partial charge >= 0.3 is 5.97 Å². The molecule has 0 aliphatic rings. The zero-order valence-electron chi connectivity index (χ0n) is 14.6. The van der Waals surface area contributed by atoms with Gasteiger partial charge in [0.25, 0.3) is 0 Å². The molecular formula is C18H32O2S. The summed E-state index contributed by atoms with van der Waals surface area (Å²) in [6.45, 7) is 11.1. The summed E-state index contributed by atoms with van der Waals surface area (Å²) >= 11 is 1.94. The number of ether oxygens (including phenoxy) is 1. The summed E-state index contributed by atoms with van der Waals surface area (Å²) in [6.07, 6.45) is 12.8. The number of carbonyl (C=O) groups is 1. The van der Waals surface area contributed by atoms with E-state index in [1.54, 1.807) is 6.08 Å². The van der Waals surface area contributed by atoms with Crippen LogP contribution in [0.2, 0.25) is 0 Å². The summed E-state index contributed by atoms with van der Waals surface area (Å²) in [5, 5.41) is 0. The first kappa shape index (κ1) is 20.3. The van der Waals surface area contributed by atoms with E-state index in [-0.39, 0.29) is 10.7 Å². The highest BCUT2D eigenvalue weighted by Crippen LogP contribution is 2.33. The fourth-order valence-electron chi connectivity index (χ4n) is 2.08. The molecule has 0 amide bonds. The number of rotatable bonds is 10. The normalized spacial score (nSPS) is 15.5. The maximum Gasteiger partial charge on any atom is 0.330 e. The van der Waals surface area contributed by atoms with Crippen molar-refractivity contribution < 1.29 is 9.53 Å². The Morgan fingerprint density at radius 1 is 1.38 bits per heavy atom. The SMILES string of the molecule is CCOC(=O)/C=C(C)/C=C/CC(C)(CCCC(C)C)SC. The van der Waals surface area contributed by atoms with Gasteiger partial charge in [-0.25, -0.2) is 4.79 Å². The first-order valence-electron chi connectivity index (χ1n) is 7.89. The quantitative estimate of drug-likeness (QED) is 0.307. The molecule has 0 N–H and O–H groups in total. The van der Waals surface area contributed by atoms with Crippen LogP contribution >= 0.6 is 11.8 Å². The molecule has 0 saturated heterocycles. The van der Waals surface area contributed by atoms with Crippen LogP contribution < -0.4 is 0 Å². The lowest BCUT2D eigenvalue weighted by atomic mass is 9.96. The molecule has 0 radical (unpaired) electrons. The second kappa shape index (κ2) is 10.9. The van der Waals surface area contributed by atoms with Crippen molar-refractivity contribution in [3.8, 4) is 0 Å². The van der Waals surface area contributed by atoms with Crippen LogP contribution in [-0.4, -0.2) is 23.6 Å². The predicted molar refractivity (Wildman–Crippen MR) is 94.8 cm³/mol. The standard InChI is InChI=1S/C18H32O2S/c1-7-20-17(19)14-16(4)11-9-13-18(5,21-6)12-8-10-15(2)3/h9,11,14-15H,7-8,10,12-13H2,1-6H3/b11-9+,16-14+. The molecule has 122 valence electrons. The zero-order chi connectivity index (χ0) is 16.3. The highest BCUT2D eigenvalue weighted by Gasteiger charge is 2.20. The van der Waals surface area contributed by atoms with E-state index in [1.165, 1.54) is 19.3 Å². The summed E-state index contributed by atoms with van der Waals surface area (Å²) in [6, 6.07) is 0. The van der Waals surface area contributed by atoms with Gasteiger partial charge in [-0.2, -0.15) is 11.8 Å². The lowest BCUT2D eigenvalue weighted by Crippen LogP contribution is -2.18. The Kier molecular flexibility index (Phi) is 10.6. The number of carbonyl (C=O) groups excluding carboxylic acids is 1. The summed E-state index contributed by atoms with van der Waals surface area (Å²) in [7, 11) is 0. The largest absolute Gasteiger partial charge is 0.463 e. The van der Waals surface area contributed by atoms with Gasteiger partial charge in [0, 0.05) is 10.8 Å². The first-order valence-corrected chi connectivity index (χ1v) is 9.12. The van der Waals surface area contributed by atoms with Gasteiger partial charge < -0.3 is 4.74 Å². The molecule has 0 saturated carbocycles. The van der Waals surface area contributed by atoms with Crippen LogP contribution in [0.1, 0.15) is 60.3 Å². The van der Waals surface area contributed by atoms with Gasteiger partial charge in [0.15, 0.2) is 0 Å². The fraction of sp³-hybridized carbons (Fsp3) is 0.722. The van der Waals surface area contributed by atoms with Crippen molar-refractivity contribution in [1.29, 1.82) is 0 Å². The lowest BCUT2D eigenvalue weighted by Gasteiger charge is -2.26. The number of thioether (sulfide) groups is 1. The molecule has 0 fully saturated rings. The maximum absolute atomic E-state index is 11.3. The van der Waals surface area contributed by atoms with Crippen LogP contribution in [0, 0.1) is 5.92 Å². The lowest BCUT2D eigenvalue weighted by molar-refractivity contribution is -0.137. The van der Waals surface area contributed by atoms with Crippen molar-refractivity contribution in [1.82, 2.24) is 0 Å². The van der Waals surface area contributed by atoms with Gasteiger partial charge in [-0.15, -0.1) is 0 Å². The Hall–Kier alpha value is -0.700. The van der Waals surface area contributed by atoms with E-state index in [0.717, 1.165) is 17.9 Å². The summed E-state index contributed by atoms with van der Waals surface area (Å²) in [4.78, 5) is 11.3.